The van der Waals surface area contributed by atoms with Gasteiger partial charge in [0, 0.05) is 25.9 Å². The average Bonchev–Trinajstić information content (AvgIpc) is 2.55. The summed E-state index contributed by atoms with van der Waals surface area (Å²) in [6, 6.07) is 1.46. The lowest BCUT2D eigenvalue weighted by Gasteiger charge is -2.42. The van der Waals surface area contributed by atoms with E-state index in [-0.39, 0.29) is 18.1 Å². The van der Waals surface area contributed by atoms with Crippen LogP contribution in [-0.2, 0) is 19.5 Å². The molecule has 0 aliphatic carbocycles. The Bertz CT molecular complexity index is 783. The molecule has 2 saturated heterocycles. The van der Waals surface area contributed by atoms with Gasteiger partial charge >= 0.3 is 5.97 Å². The van der Waals surface area contributed by atoms with Gasteiger partial charge in [0.05, 0.1) is 23.8 Å². The van der Waals surface area contributed by atoms with E-state index in [9.17, 15) is 17.6 Å². The minimum absolute atomic E-state index is 0.0901. The van der Waals surface area contributed by atoms with Gasteiger partial charge < -0.3 is 14.6 Å². The number of carbonyl (C=O) groups is 1. The number of sulfonamides is 1. The Morgan fingerprint density at radius 2 is 1.84 bits per heavy atom. The first-order valence-electron chi connectivity index (χ1n) is 7.76. The van der Waals surface area contributed by atoms with E-state index in [2.05, 4.69) is 0 Å². The molecule has 1 spiro atoms. The molecule has 3 rings (SSSR count). The number of nitrogens with zero attached hydrogens (tertiary/aromatic N) is 1. The molecular formula is C15H17ClFNO6S. The van der Waals surface area contributed by atoms with Crippen LogP contribution >= 0.6 is 11.6 Å². The van der Waals surface area contributed by atoms with Crippen LogP contribution in [0.3, 0.4) is 0 Å². The highest BCUT2D eigenvalue weighted by Crippen LogP contribution is 2.34. The number of carboxylic acids is 1. The largest absolute Gasteiger partial charge is 0.478 e. The van der Waals surface area contributed by atoms with Gasteiger partial charge in [0.15, 0.2) is 5.79 Å². The van der Waals surface area contributed by atoms with Gasteiger partial charge in [-0.25, -0.2) is 17.6 Å². The number of hydrogen-bond acceptors (Lipinski definition) is 5. The predicted octanol–water partition coefficient (Wildman–Crippen LogP) is 2.09. The van der Waals surface area contributed by atoms with Crippen molar-refractivity contribution in [2.24, 2.45) is 0 Å². The van der Waals surface area contributed by atoms with E-state index in [4.69, 9.17) is 26.2 Å². The van der Waals surface area contributed by atoms with Crippen LogP contribution < -0.4 is 0 Å². The van der Waals surface area contributed by atoms with Gasteiger partial charge in [0.2, 0.25) is 10.0 Å². The van der Waals surface area contributed by atoms with Gasteiger partial charge in [0.25, 0.3) is 0 Å². The van der Waals surface area contributed by atoms with Crippen LogP contribution in [0.1, 0.15) is 29.6 Å². The minimum atomic E-state index is -4.20. The van der Waals surface area contributed by atoms with Crippen LogP contribution in [-0.4, -0.2) is 55.9 Å². The normalized spacial score (nSPS) is 21.4. The molecule has 138 valence electrons. The molecule has 2 fully saturated rings. The summed E-state index contributed by atoms with van der Waals surface area (Å²) >= 11 is 5.67. The topological polar surface area (TPSA) is 93.1 Å². The molecule has 0 bridgehead atoms. The third kappa shape index (κ3) is 3.52. The minimum Gasteiger partial charge on any atom is -0.478 e. The lowest BCUT2D eigenvalue weighted by molar-refractivity contribution is -0.280. The molecule has 0 atom stereocenters. The zero-order valence-electron chi connectivity index (χ0n) is 13.2. The molecule has 1 aromatic rings. The van der Waals surface area contributed by atoms with Crippen molar-refractivity contribution in [2.75, 3.05) is 26.3 Å². The summed E-state index contributed by atoms with van der Waals surface area (Å²) in [6.45, 7) is 1.29. The first-order valence-corrected chi connectivity index (χ1v) is 9.57. The monoisotopic (exact) mass is 393 g/mol. The molecule has 10 heteroatoms. The smallest absolute Gasteiger partial charge is 0.337 e. The fourth-order valence-electron chi connectivity index (χ4n) is 3.00. The SMILES string of the molecule is O=C(O)c1cc(S(=O)(=O)N2CCC3(CC2)OCCCO3)c(F)cc1Cl. The van der Waals surface area contributed by atoms with E-state index < -0.39 is 38.1 Å². The third-order valence-electron chi connectivity index (χ3n) is 4.37. The zero-order chi connectivity index (χ0) is 18.2. The summed E-state index contributed by atoms with van der Waals surface area (Å²) in [4.78, 5) is 10.4. The van der Waals surface area contributed by atoms with Gasteiger partial charge in [-0.05, 0) is 18.6 Å². The Morgan fingerprint density at radius 1 is 1.24 bits per heavy atom. The van der Waals surface area contributed by atoms with Gasteiger partial charge in [-0.1, -0.05) is 11.6 Å². The molecule has 7 nitrogen and oxygen atoms in total. The van der Waals surface area contributed by atoms with Gasteiger partial charge in [-0.3, -0.25) is 0 Å². The number of hydrogen-bond donors (Lipinski definition) is 1. The summed E-state index contributed by atoms with van der Waals surface area (Å²) < 4.78 is 52.0. The Labute approximate surface area is 149 Å². The second kappa shape index (κ2) is 6.81. The lowest BCUT2D eigenvalue weighted by Crippen LogP contribution is -2.51. The molecule has 2 heterocycles. The maximum Gasteiger partial charge on any atom is 0.337 e. The number of aromatic carboxylic acids is 1. The molecule has 1 aromatic carbocycles. The van der Waals surface area contributed by atoms with Crippen LogP contribution in [0.15, 0.2) is 17.0 Å². The van der Waals surface area contributed by atoms with Crippen molar-refractivity contribution >= 4 is 27.6 Å². The van der Waals surface area contributed by atoms with Crippen molar-refractivity contribution in [3.8, 4) is 0 Å². The molecule has 2 aliphatic heterocycles. The number of ether oxygens (including phenoxy) is 2. The molecule has 25 heavy (non-hydrogen) atoms. The molecule has 0 aromatic heterocycles. The van der Waals surface area contributed by atoms with Crippen molar-refractivity contribution in [3.05, 3.63) is 28.5 Å². The first kappa shape index (κ1) is 18.5. The molecular weight excluding hydrogens is 377 g/mol. The van der Waals surface area contributed by atoms with E-state index in [0.717, 1.165) is 16.8 Å². The summed E-state index contributed by atoms with van der Waals surface area (Å²) in [5, 5.41) is 8.72. The molecule has 0 unspecified atom stereocenters. The van der Waals surface area contributed by atoms with E-state index in [0.29, 0.717) is 32.1 Å². The molecule has 0 radical (unpaired) electrons. The highest BCUT2D eigenvalue weighted by Gasteiger charge is 2.42. The second-order valence-electron chi connectivity index (χ2n) is 5.93. The maximum atomic E-state index is 14.2. The van der Waals surface area contributed by atoms with Crippen molar-refractivity contribution < 1.29 is 32.2 Å². The van der Waals surface area contributed by atoms with Gasteiger partial charge in [-0.15, -0.1) is 0 Å². The first-order chi connectivity index (χ1) is 11.8. The van der Waals surface area contributed by atoms with E-state index in [1.54, 1.807) is 0 Å². The second-order valence-corrected chi connectivity index (χ2v) is 8.25. The number of rotatable bonds is 3. The Balaban J connectivity index is 1.85. The maximum absolute atomic E-state index is 14.2. The van der Waals surface area contributed by atoms with Gasteiger partial charge in [-0.2, -0.15) is 4.31 Å². The highest BCUT2D eigenvalue weighted by molar-refractivity contribution is 7.89. The summed E-state index contributed by atoms with van der Waals surface area (Å²) in [6.07, 6.45) is 1.44. The van der Waals surface area contributed by atoms with Gasteiger partial charge in [0.1, 0.15) is 10.7 Å². The van der Waals surface area contributed by atoms with Crippen LogP contribution in [0.2, 0.25) is 5.02 Å². The quantitative estimate of drug-likeness (QED) is 0.845. The number of halogens is 2. The lowest BCUT2D eigenvalue weighted by atomic mass is 10.0. The van der Waals surface area contributed by atoms with Crippen LogP contribution in [0.5, 0.6) is 0 Å². The standard InChI is InChI=1S/C15H17ClFNO6S/c16-11-9-12(17)13(8-10(11)14(19)20)25(21,22)18-4-2-15(3-5-18)23-6-1-7-24-15/h8-9H,1-7H2,(H,19,20). The highest BCUT2D eigenvalue weighted by atomic mass is 35.5. The zero-order valence-corrected chi connectivity index (χ0v) is 14.8. The predicted molar refractivity (Wildman–Crippen MR) is 85.6 cm³/mol. The van der Waals surface area contributed by atoms with Crippen LogP contribution in [0.4, 0.5) is 4.39 Å². The van der Waals surface area contributed by atoms with Crippen molar-refractivity contribution in [3.63, 3.8) is 0 Å². The Kier molecular flexibility index (Phi) is 5.04. The fraction of sp³-hybridized carbons (Fsp3) is 0.533. The van der Waals surface area contributed by atoms with E-state index >= 15 is 0 Å². The number of piperidine rings is 1. The summed E-state index contributed by atoms with van der Waals surface area (Å²) in [5.41, 5.74) is -0.464. The molecule has 0 amide bonds. The molecule has 0 saturated carbocycles. The number of benzene rings is 1. The molecule has 1 N–H and O–H groups in total. The van der Waals surface area contributed by atoms with Crippen molar-refractivity contribution in [2.45, 2.75) is 29.9 Å². The third-order valence-corrected chi connectivity index (χ3v) is 6.60. The Hall–Kier alpha value is -1.26. The van der Waals surface area contributed by atoms with E-state index in [1.165, 1.54) is 0 Å². The Morgan fingerprint density at radius 3 is 2.40 bits per heavy atom. The summed E-state index contributed by atoms with van der Waals surface area (Å²) in [5.74, 6) is -3.29. The molecule has 2 aliphatic rings. The van der Waals surface area contributed by atoms with E-state index in [1.807, 2.05) is 0 Å². The van der Waals surface area contributed by atoms with Crippen molar-refractivity contribution in [1.29, 1.82) is 0 Å². The number of carboxylic acid groups (broad SMARTS) is 1. The van der Waals surface area contributed by atoms with Crippen LogP contribution in [0, 0.1) is 5.82 Å². The average molecular weight is 394 g/mol. The van der Waals surface area contributed by atoms with Crippen LogP contribution in [0.25, 0.3) is 0 Å². The fourth-order valence-corrected chi connectivity index (χ4v) is 4.75. The van der Waals surface area contributed by atoms with Crippen molar-refractivity contribution in [1.82, 2.24) is 4.31 Å². The summed E-state index contributed by atoms with van der Waals surface area (Å²) in [7, 11) is -4.20.